The Balaban J connectivity index is 2.03. The second-order valence-corrected chi connectivity index (χ2v) is 4.46. The van der Waals surface area contributed by atoms with E-state index >= 15 is 0 Å². The highest BCUT2D eigenvalue weighted by Gasteiger charge is 2.13. The van der Waals surface area contributed by atoms with Gasteiger partial charge in [0.25, 0.3) is 0 Å². The van der Waals surface area contributed by atoms with Gasteiger partial charge >= 0.3 is 0 Å². The Hall–Kier alpha value is -2.10. The van der Waals surface area contributed by atoms with Crippen molar-refractivity contribution >= 4 is 11.5 Å². The fourth-order valence-electron chi connectivity index (χ4n) is 2.01. The van der Waals surface area contributed by atoms with Gasteiger partial charge in [0.1, 0.15) is 5.69 Å². The molecule has 0 aliphatic carbocycles. The topological polar surface area (TPSA) is 60.9 Å². The standard InChI is InChI=1S/C14H17N3O/c1-10-9-16-17(2)14(10)13(18)8-5-11-3-6-12(15)7-4-11/h3-4,6-7,9H,5,8,15H2,1-2H3. The number of aryl methyl sites for hydroxylation is 3. The molecule has 94 valence electrons. The highest BCUT2D eigenvalue weighted by Crippen LogP contribution is 2.12. The number of hydrogen-bond acceptors (Lipinski definition) is 3. The van der Waals surface area contributed by atoms with Crippen LogP contribution in [0.2, 0.25) is 0 Å². The van der Waals surface area contributed by atoms with Crippen LogP contribution in [-0.4, -0.2) is 15.6 Å². The monoisotopic (exact) mass is 243 g/mol. The Labute approximate surface area is 106 Å². The van der Waals surface area contributed by atoms with Crippen LogP contribution in [0.5, 0.6) is 0 Å². The molecule has 0 atom stereocenters. The van der Waals surface area contributed by atoms with E-state index in [0.717, 1.165) is 23.2 Å². The maximum absolute atomic E-state index is 12.1. The lowest BCUT2D eigenvalue weighted by Gasteiger charge is -2.04. The van der Waals surface area contributed by atoms with Gasteiger partial charge in [-0.2, -0.15) is 5.10 Å². The van der Waals surface area contributed by atoms with E-state index in [1.807, 2.05) is 31.2 Å². The number of nitrogens with zero attached hydrogens (tertiary/aromatic N) is 2. The molecule has 1 aromatic carbocycles. The molecular weight excluding hydrogens is 226 g/mol. The lowest BCUT2D eigenvalue weighted by Crippen LogP contribution is -2.09. The number of Topliss-reactive ketones (excluding diaryl/α,β-unsaturated/α-hetero) is 1. The van der Waals surface area contributed by atoms with Gasteiger partial charge in [-0.3, -0.25) is 9.48 Å². The second-order valence-electron chi connectivity index (χ2n) is 4.46. The average Bonchev–Trinajstić information content (AvgIpc) is 2.68. The number of aromatic nitrogens is 2. The highest BCUT2D eigenvalue weighted by molar-refractivity contribution is 5.95. The minimum absolute atomic E-state index is 0.129. The fourth-order valence-corrected chi connectivity index (χ4v) is 2.01. The van der Waals surface area contributed by atoms with Crippen molar-refractivity contribution in [3.05, 3.63) is 47.3 Å². The van der Waals surface area contributed by atoms with E-state index in [1.54, 1.807) is 17.9 Å². The third-order valence-corrected chi connectivity index (χ3v) is 3.01. The van der Waals surface area contributed by atoms with Gasteiger partial charge in [0, 0.05) is 19.2 Å². The van der Waals surface area contributed by atoms with Gasteiger partial charge in [-0.25, -0.2) is 0 Å². The number of rotatable bonds is 4. The maximum Gasteiger partial charge on any atom is 0.181 e. The molecule has 0 aliphatic heterocycles. The SMILES string of the molecule is Cc1cnn(C)c1C(=O)CCc1ccc(N)cc1. The summed E-state index contributed by atoms with van der Waals surface area (Å²) < 4.78 is 1.64. The van der Waals surface area contributed by atoms with Gasteiger partial charge in [-0.05, 0) is 36.6 Å². The number of carbonyl (C=O) groups is 1. The van der Waals surface area contributed by atoms with Crippen LogP contribution in [0.4, 0.5) is 5.69 Å². The van der Waals surface area contributed by atoms with Crippen molar-refractivity contribution in [2.45, 2.75) is 19.8 Å². The average molecular weight is 243 g/mol. The highest BCUT2D eigenvalue weighted by atomic mass is 16.1. The molecule has 4 heteroatoms. The quantitative estimate of drug-likeness (QED) is 0.661. The normalized spacial score (nSPS) is 10.6. The molecule has 0 amide bonds. The van der Waals surface area contributed by atoms with Crippen LogP contribution < -0.4 is 5.73 Å². The Morgan fingerprint density at radius 1 is 1.33 bits per heavy atom. The number of benzene rings is 1. The number of anilines is 1. The molecule has 0 bridgehead atoms. The lowest BCUT2D eigenvalue weighted by molar-refractivity contribution is 0.0973. The van der Waals surface area contributed by atoms with Crippen molar-refractivity contribution < 1.29 is 4.79 Å². The van der Waals surface area contributed by atoms with E-state index < -0.39 is 0 Å². The number of carbonyl (C=O) groups excluding carboxylic acids is 1. The van der Waals surface area contributed by atoms with Gasteiger partial charge < -0.3 is 5.73 Å². The molecule has 0 spiro atoms. The van der Waals surface area contributed by atoms with E-state index in [4.69, 9.17) is 5.73 Å². The predicted octanol–water partition coefficient (Wildman–Crippen LogP) is 2.13. The van der Waals surface area contributed by atoms with Crippen LogP contribution in [0.1, 0.15) is 28.0 Å². The van der Waals surface area contributed by atoms with Gasteiger partial charge in [0.2, 0.25) is 0 Å². The number of nitrogens with two attached hydrogens (primary N) is 1. The van der Waals surface area contributed by atoms with Gasteiger partial charge in [-0.1, -0.05) is 12.1 Å². The Morgan fingerprint density at radius 3 is 2.56 bits per heavy atom. The van der Waals surface area contributed by atoms with Crippen LogP contribution in [0.3, 0.4) is 0 Å². The summed E-state index contributed by atoms with van der Waals surface area (Å²) in [6.07, 6.45) is 2.93. The summed E-state index contributed by atoms with van der Waals surface area (Å²) in [7, 11) is 1.80. The first-order chi connectivity index (χ1) is 8.58. The summed E-state index contributed by atoms with van der Waals surface area (Å²) >= 11 is 0. The Morgan fingerprint density at radius 2 is 2.00 bits per heavy atom. The molecule has 18 heavy (non-hydrogen) atoms. The van der Waals surface area contributed by atoms with Crippen LogP contribution in [0.25, 0.3) is 0 Å². The van der Waals surface area contributed by atoms with Crippen molar-refractivity contribution in [3.8, 4) is 0 Å². The third-order valence-electron chi connectivity index (χ3n) is 3.01. The Bertz CT molecular complexity index is 535. The maximum atomic E-state index is 12.1. The first-order valence-electron chi connectivity index (χ1n) is 5.94. The van der Waals surface area contributed by atoms with Gasteiger partial charge in [-0.15, -0.1) is 0 Å². The van der Waals surface area contributed by atoms with E-state index in [1.165, 1.54) is 0 Å². The van der Waals surface area contributed by atoms with E-state index in [9.17, 15) is 4.79 Å². The van der Waals surface area contributed by atoms with E-state index in [0.29, 0.717) is 12.1 Å². The van der Waals surface area contributed by atoms with Crippen LogP contribution in [0.15, 0.2) is 30.5 Å². The molecule has 0 fully saturated rings. The van der Waals surface area contributed by atoms with Gasteiger partial charge in [0.15, 0.2) is 5.78 Å². The summed E-state index contributed by atoms with van der Waals surface area (Å²) in [5, 5.41) is 4.08. The molecule has 2 aromatic rings. The third kappa shape index (κ3) is 2.59. The molecule has 0 aliphatic rings. The minimum Gasteiger partial charge on any atom is -0.399 e. The molecule has 0 saturated heterocycles. The van der Waals surface area contributed by atoms with Crippen LogP contribution >= 0.6 is 0 Å². The zero-order valence-electron chi connectivity index (χ0n) is 10.7. The second kappa shape index (κ2) is 5.04. The number of hydrogen-bond donors (Lipinski definition) is 1. The van der Waals surface area contributed by atoms with Crippen molar-refractivity contribution in [1.82, 2.24) is 9.78 Å². The van der Waals surface area contributed by atoms with Crippen molar-refractivity contribution in [3.63, 3.8) is 0 Å². The Kier molecular flexibility index (Phi) is 3.46. The first-order valence-corrected chi connectivity index (χ1v) is 5.94. The minimum atomic E-state index is 0.129. The number of ketones is 1. The molecule has 2 N–H and O–H groups in total. The molecule has 1 heterocycles. The molecule has 4 nitrogen and oxygen atoms in total. The fraction of sp³-hybridized carbons (Fsp3) is 0.286. The lowest BCUT2D eigenvalue weighted by atomic mass is 10.0. The van der Waals surface area contributed by atoms with Crippen LogP contribution in [0, 0.1) is 6.92 Å². The predicted molar refractivity (Wildman–Crippen MR) is 71.5 cm³/mol. The molecular formula is C14H17N3O. The van der Waals surface area contributed by atoms with Crippen molar-refractivity contribution in [2.24, 2.45) is 7.05 Å². The molecule has 0 unspecified atom stereocenters. The summed E-state index contributed by atoms with van der Waals surface area (Å²) in [5.74, 6) is 0.129. The summed E-state index contributed by atoms with van der Waals surface area (Å²) in [6, 6.07) is 7.63. The first kappa shape index (κ1) is 12.4. The smallest absolute Gasteiger partial charge is 0.181 e. The van der Waals surface area contributed by atoms with Crippen molar-refractivity contribution in [2.75, 3.05) is 5.73 Å². The van der Waals surface area contributed by atoms with Crippen molar-refractivity contribution in [1.29, 1.82) is 0 Å². The zero-order valence-corrected chi connectivity index (χ0v) is 10.7. The summed E-state index contributed by atoms with van der Waals surface area (Å²) in [4.78, 5) is 12.1. The molecule has 0 saturated carbocycles. The van der Waals surface area contributed by atoms with Crippen LogP contribution in [-0.2, 0) is 13.5 Å². The zero-order chi connectivity index (χ0) is 13.1. The molecule has 0 radical (unpaired) electrons. The largest absolute Gasteiger partial charge is 0.399 e. The summed E-state index contributed by atoms with van der Waals surface area (Å²) in [5.41, 5.74) is 9.12. The number of nitrogen functional groups attached to an aromatic ring is 1. The van der Waals surface area contributed by atoms with E-state index in [2.05, 4.69) is 5.10 Å². The van der Waals surface area contributed by atoms with Gasteiger partial charge in [0.05, 0.1) is 6.20 Å². The van der Waals surface area contributed by atoms with E-state index in [-0.39, 0.29) is 5.78 Å². The molecule has 2 rings (SSSR count). The molecule has 1 aromatic heterocycles. The summed E-state index contributed by atoms with van der Waals surface area (Å²) in [6.45, 7) is 1.91.